The molecule has 1 aromatic carbocycles. The van der Waals surface area contributed by atoms with Crippen molar-refractivity contribution in [3.63, 3.8) is 0 Å². The van der Waals surface area contributed by atoms with Gasteiger partial charge in [0.15, 0.2) is 0 Å². The van der Waals surface area contributed by atoms with Crippen LogP contribution in [0.3, 0.4) is 0 Å². The molecule has 164 valence electrons. The van der Waals surface area contributed by atoms with Crippen LogP contribution in [0, 0.1) is 5.92 Å². The summed E-state index contributed by atoms with van der Waals surface area (Å²) in [6.45, 7) is 3.00. The van der Waals surface area contributed by atoms with Gasteiger partial charge in [-0.2, -0.15) is 21.6 Å². The smallest absolute Gasteiger partial charge is 0.419 e. The summed E-state index contributed by atoms with van der Waals surface area (Å²) in [6, 6.07) is 2.67. The van der Waals surface area contributed by atoms with E-state index in [2.05, 4.69) is 0 Å². The van der Waals surface area contributed by atoms with Crippen LogP contribution in [-0.2, 0) is 21.0 Å². The van der Waals surface area contributed by atoms with Crippen LogP contribution in [0.5, 0.6) is 5.75 Å². The summed E-state index contributed by atoms with van der Waals surface area (Å²) in [7, 11) is -4.32. The number of benzene rings is 1. The normalized spacial score (nSPS) is 17.7. The lowest BCUT2D eigenvalue weighted by Crippen LogP contribution is -2.39. The fourth-order valence-corrected chi connectivity index (χ4v) is 3.82. The molecule has 2 rings (SSSR count). The first kappa shape index (κ1) is 23.5. The van der Waals surface area contributed by atoms with E-state index in [0.717, 1.165) is 43.9 Å². The molecular formula is C19H25F3O6S. The lowest BCUT2D eigenvalue weighted by Gasteiger charge is -2.36. The quantitative estimate of drug-likeness (QED) is 0.475. The summed E-state index contributed by atoms with van der Waals surface area (Å²) in [6.07, 6.45) is -0.455. The maximum Gasteiger partial charge on any atom is 0.419 e. The summed E-state index contributed by atoms with van der Waals surface area (Å²) in [5.41, 5.74) is -2.01. The van der Waals surface area contributed by atoms with Gasteiger partial charge in [0.1, 0.15) is 23.7 Å². The van der Waals surface area contributed by atoms with Crippen molar-refractivity contribution in [3.05, 3.63) is 29.3 Å². The number of hydrogen-bond acceptors (Lipinski definition) is 5. The minimum Gasteiger partial charge on any atom is -0.487 e. The molecule has 6 nitrogen and oxygen atoms in total. The van der Waals surface area contributed by atoms with E-state index in [4.69, 9.17) is 14.0 Å². The topological polar surface area (TPSA) is 89.9 Å². The molecule has 10 heteroatoms. The summed E-state index contributed by atoms with van der Waals surface area (Å²) < 4.78 is 81.1. The van der Waals surface area contributed by atoms with Crippen LogP contribution in [0.2, 0.25) is 0 Å². The molecular weight excluding hydrogens is 413 g/mol. The second kappa shape index (κ2) is 8.91. The molecule has 0 aromatic heterocycles. The monoisotopic (exact) mass is 438 g/mol. The maximum atomic E-state index is 13.5. The third-order valence-corrected chi connectivity index (χ3v) is 6.04. The third-order valence-electron chi connectivity index (χ3n) is 5.36. The molecule has 0 amide bonds. The van der Waals surface area contributed by atoms with Gasteiger partial charge in [-0.25, -0.2) is 4.79 Å². The summed E-state index contributed by atoms with van der Waals surface area (Å²) >= 11 is 0. The lowest BCUT2D eigenvalue weighted by atomic mass is 9.85. The van der Waals surface area contributed by atoms with E-state index in [0.29, 0.717) is 6.42 Å². The fourth-order valence-electron chi connectivity index (χ4n) is 3.52. The minimum absolute atomic E-state index is 0.110. The zero-order valence-corrected chi connectivity index (χ0v) is 17.1. The van der Waals surface area contributed by atoms with E-state index < -0.39 is 51.5 Å². The first-order valence-electron chi connectivity index (χ1n) is 9.38. The van der Waals surface area contributed by atoms with Gasteiger partial charge in [-0.3, -0.25) is 4.55 Å². The van der Waals surface area contributed by atoms with Crippen LogP contribution in [0.15, 0.2) is 18.2 Å². The van der Waals surface area contributed by atoms with Crippen LogP contribution in [0.4, 0.5) is 13.2 Å². The van der Waals surface area contributed by atoms with Crippen molar-refractivity contribution in [3.8, 4) is 5.75 Å². The molecule has 0 spiro atoms. The van der Waals surface area contributed by atoms with Gasteiger partial charge < -0.3 is 9.47 Å². The number of esters is 1. The van der Waals surface area contributed by atoms with Gasteiger partial charge in [-0.05, 0) is 50.3 Å². The SMILES string of the molecule is CCC(C)(Oc1cc(C(=O)OCCS(=O)(=O)O)ccc1C(F)(F)F)C1CCCC1. The largest absolute Gasteiger partial charge is 0.487 e. The van der Waals surface area contributed by atoms with Gasteiger partial charge in [0.25, 0.3) is 10.1 Å². The Morgan fingerprint density at radius 3 is 2.38 bits per heavy atom. The second-order valence-corrected chi connectivity index (χ2v) is 8.95. The molecule has 1 N–H and O–H groups in total. The molecule has 1 unspecified atom stereocenters. The highest BCUT2D eigenvalue weighted by atomic mass is 32.2. The van der Waals surface area contributed by atoms with E-state index in [1.807, 2.05) is 6.92 Å². The van der Waals surface area contributed by atoms with E-state index in [1.54, 1.807) is 6.92 Å². The summed E-state index contributed by atoms with van der Waals surface area (Å²) in [5.74, 6) is -2.17. The number of alkyl halides is 3. The molecule has 1 aliphatic rings. The minimum atomic E-state index is -4.67. The highest BCUT2D eigenvalue weighted by molar-refractivity contribution is 7.85. The number of hydrogen-bond donors (Lipinski definition) is 1. The van der Waals surface area contributed by atoms with Gasteiger partial charge in [0, 0.05) is 0 Å². The molecule has 0 saturated heterocycles. The van der Waals surface area contributed by atoms with Crippen LogP contribution in [0.1, 0.15) is 61.9 Å². The van der Waals surface area contributed by atoms with Crippen molar-refractivity contribution >= 4 is 16.1 Å². The average Bonchev–Trinajstić information content (AvgIpc) is 3.14. The van der Waals surface area contributed by atoms with Crippen molar-refractivity contribution in [1.29, 1.82) is 0 Å². The van der Waals surface area contributed by atoms with Gasteiger partial charge >= 0.3 is 12.1 Å². The highest BCUT2D eigenvalue weighted by Gasteiger charge is 2.40. The zero-order chi connectivity index (χ0) is 21.9. The van der Waals surface area contributed by atoms with Crippen LogP contribution >= 0.6 is 0 Å². The lowest BCUT2D eigenvalue weighted by molar-refractivity contribution is -0.140. The van der Waals surface area contributed by atoms with Gasteiger partial charge in [0.05, 0.1) is 11.1 Å². The number of rotatable bonds is 8. The average molecular weight is 438 g/mol. The van der Waals surface area contributed by atoms with Gasteiger partial charge in [-0.15, -0.1) is 0 Å². The number of carbonyl (C=O) groups is 1. The Labute approximate surface area is 168 Å². The molecule has 0 bridgehead atoms. The molecule has 0 aliphatic heterocycles. The predicted octanol–water partition coefficient (Wildman–Crippen LogP) is 4.49. The van der Waals surface area contributed by atoms with Crippen molar-refractivity contribution in [2.24, 2.45) is 5.92 Å². The van der Waals surface area contributed by atoms with Gasteiger partial charge in [0.2, 0.25) is 0 Å². The standard InChI is InChI=1S/C19H25F3O6S/c1-3-18(2,14-6-4-5-7-14)28-16-12-13(8-9-15(16)19(20,21)22)17(23)27-10-11-29(24,25)26/h8-9,12,14H,3-7,10-11H2,1-2H3,(H,24,25,26). The molecule has 1 saturated carbocycles. The molecule has 1 aromatic rings. The number of halogens is 3. The maximum absolute atomic E-state index is 13.5. The summed E-state index contributed by atoms with van der Waals surface area (Å²) in [5, 5.41) is 0. The van der Waals surface area contributed by atoms with Crippen LogP contribution in [-0.4, -0.2) is 36.9 Å². The number of ether oxygens (including phenoxy) is 2. The Hall–Kier alpha value is -1.81. The van der Waals surface area contributed by atoms with Crippen molar-refractivity contribution < 1.29 is 40.4 Å². The Morgan fingerprint density at radius 2 is 1.86 bits per heavy atom. The molecule has 0 heterocycles. The molecule has 0 radical (unpaired) electrons. The molecule has 29 heavy (non-hydrogen) atoms. The summed E-state index contributed by atoms with van der Waals surface area (Å²) in [4.78, 5) is 12.1. The first-order chi connectivity index (χ1) is 13.4. The van der Waals surface area contributed by atoms with Crippen molar-refractivity contribution in [1.82, 2.24) is 0 Å². The molecule has 1 fully saturated rings. The van der Waals surface area contributed by atoms with E-state index in [1.165, 1.54) is 0 Å². The molecule has 1 atom stereocenters. The fraction of sp³-hybridized carbons (Fsp3) is 0.632. The van der Waals surface area contributed by atoms with E-state index in [9.17, 15) is 26.4 Å². The van der Waals surface area contributed by atoms with Crippen molar-refractivity contribution in [2.75, 3.05) is 12.4 Å². The highest BCUT2D eigenvalue weighted by Crippen LogP contribution is 2.43. The Bertz CT molecular complexity index is 831. The number of carbonyl (C=O) groups excluding carboxylic acids is 1. The van der Waals surface area contributed by atoms with Crippen LogP contribution in [0.25, 0.3) is 0 Å². The van der Waals surface area contributed by atoms with E-state index >= 15 is 0 Å². The predicted molar refractivity (Wildman–Crippen MR) is 99.4 cm³/mol. The third kappa shape index (κ3) is 6.33. The Balaban J connectivity index is 2.30. The Morgan fingerprint density at radius 1 is 1.24 bits per heavy atom. The van der Waals surface area contributed by atoms with E-state index in [-0.39, 0.29) is 11.5 Å². The van der Waals surface area contributed by atoms with Crippen LogP contribution < -0.4 is 4.74 Å². The van der Waals surface area contributed by atoms with Gasteiger partial charge in [-0.1, -0.05) is 19.8 Å². The Kier molecular flexibility index (Phi) is 7.21. The molecule has 1 aliphatic carbocycles. The first-order valence-corrected chi connectivity index (χ1v) is 11.0. The van der Waals surface area contributed by atoms with Crippen molar-refractivity contribution in [2.45, 2.75) is 57.7 Å². The zero-order valence-electron chi connectivity index (χ0n) is 16.3. The second-order valence-electron chi connectivity index (χ2n) is 7.38.